The van der Waals surface area contributed by atoms with E-state index in [-0.39, 0.29) is 12.5 Å². The average molecular weight is 377 g/mol. The van der Waals surface area contributed by atoms with Crippen LogP contribution in [-0.2, 0) is 17.6 Å². The topological polar surface area (TPSA) is 51.5 Å². The van der Waals surface area contributed by atoms with Crippen LogP contribution in [0.1, 0.15) is 55.9 Å². The van der Waals surface area contributed by atoms with Gasteiger partial charge in [0.15, 0.2) is 6.61 Å². The number of nitrogens with one attached hydrogen (secondary N) is 1. The van der Waals surface area contributed by atoms with E-state index in [0.29, 0.717) is 11.7 Å². The third kappa shape index (κ3) is 3.91. The quantitative estimate of drug-likeness (QED) is 0.587. The number of hydrogen-bond acceptors (Lipinski definition) is 3. The molecule has 1 N–H and O–H groups in total. The number of benzene rings is 2. The van der Waals surface area contributed by atoms with E-state index in [9.17, 15) is 4.79 Å². The first-order chi connectivity index (χ1) is 13.6. The molecule has 3 aromatic rings. The van der Waals surface area contributed by atoms with Crippen LogP contribution in [0.25, 0.3) is 11.0 Å². The van der Waals surface area contributed by atoms with Crippen LogP contribution in [0.5, 0.6) is 5.75 Å². The van der Waals surface area contributed by atoms with Crippen LogP contribution in [-0.4, -0.2) is 12.5 Å². The third-order valence-corrected chi connectivity index (χ3v) is 5.67. The van der Waals surface area contributed by atoms with Gasteiger partial charge in [-0.25, -0.2) is 0 Å². The highest BCUT2D eigenvalue weighted by molar-refractivity contribution is 5.92. The minimum atomic E-state index is -0.161. The Morgan fingerprint density at radius 2 is 1.93 bits per heavy atom. The molecule has 146 valence electrons. The third-order valence-electron chi connectivity index (χ3n) is 5.67. The van der Waals surface area contributed by atoms with Gasteiger partial charge in [0.2, 0.25) is 0 Å². The molecule has 4 heteroatoms. The first-order valence-corrected chi connectivity index (χ1v) is 10.2. The first kappa shape index (κ1) is 18.6. The van der Waals surface area contributed by atoms with Gasteiger partial charge in [-0.05, 0) is 67.5 Å². The molecule has 0 aliphatic heterocycles. The van der Waals surface area contributed by atoms with Crippen LogP contribution in [0.2, 0.25) is 0 Å². The Kier molecular flexibility index (Phi) is 5.38. The summed E-state index contributed by atoms with van der Waals surface area (Å²) in [5.74, 6) is 2.17. The van der Waals surface area contributed by atoms with Gasteiger partial charge in [0, 0.05) is 23.1 Å². The highest BCUT2D eigenvalue weighted by Crippen LogP contribution is 2.34. The predicted octanol–water partition coefficient (Wildman–Crippen LogP) is 5.84. The molecule has 0 unspecified atom stereocenters. The zero-order valence-corrected chi connectivity index (χ0v) is 16.6. The van der Waals surface area contributed by atoms with E-state index in [1.54, 1.807) is 0 Å². The van der Waals surface area contributed by atoms with E-state index in [4.69, 9.17) is 9.15 Å². The summed E-state index contributed by atoms with van der Waals surface area (Å²) in [4.78, 5) is 12.3. The van der Waals surface area contributed by atoms with Crippen molar-refractivity contribution in [2.24, 2.45) is 0 Å². The maximum absolute atomic E-state index is 12.3. The fourth-order valence-corrected chi connectivity index (χ4v) is 3.81. The molecule has 0 radical (unpaired) electrons. The highest BCUT2D eigenvalue weighted by Gasteiger charge is 2.18. The molecule has 0 bridgehead atoms. The number of carbonyl (C=O) groups excluding carboxylic acids is 1. The smallest absolute Gasteiger partial charge is 0.262 e. The number of ether oxygens (including phenoxy) is 1. The zero-order chi connectivity index (χ0) is 19.5. The summed E-state index contributed by atoms with van der Waals surface area (Å²) in [5, 5.41) is 4.01. The Labute approximate surface area is 165 Å². The van der Waals surface area contributed by atoms with E-state index in [1.807, 2.05) is 30.3 Å². The van der Waals surface area contributed by atoms with E-state index in [0.717, 1.165) is 41.7 Å². The summed E-state index contributed by atoms with van der Waals surface area (Å²) in [6.07, 6.45) is 5.56. The Morgan fingerprint density at radius 3 is 2.71 bits per heavy atom. The molecule has 1 aliphatic rings. The van der Waals surface area contributed by atoms with Gasteiger partial charge < -0.3 is 14.5 Å². The monoisotopic (exact) mass is 377 g/mol. The largest absolute Gasteiger partial charge is 0.484 e. The van der Waals surface area contributed by atoms with Gasteiger partial charge in [-0.1, -0.05) is 26.0 Å². The number of carbonyl (C=O) groups is 1. The average Bonchev–Trinajstić information content (AvgIpc) is 3.10. The van der Waals surface area contributed by atoms with E-state index in [1.165, 1.54) is 24.0 Å². The van der Waals surface area contributed by atoms with Crippen LogP contribution >= 0.6 is 0 Å². The molecule has 2 aromatic carbocycles. The van der Waals surface area contributed by atoms with Crippen molar-refractivity contribution < 1.29 is 13.9 Å². The SMILES string of the molecule is CC[C@H](C)c1ccc(NC(=O)COc2ccc3oc4c(c3c2)CCCC4)cc1. The number of rotatable bonds is 6. The second-order valence-corrected chi connectivity index (χ2v) is 7.64. The standard InChI is InChI=1S/C24H27NO3/c1-3-16(2)17-8-10-18(11-9-17)25-24(26)15-27-19-12-13-23-21(14-19)20-6-4-5-7-22(20)28-23/h8-14,16H,3-7,15H2,1-2H3,(H,25,26)/t16-/m0/s1. The van der Waals surface area contributed by atoms with Crippen LogP contribution in [0, 0.1) is 0 Å². The summed E-state index contributed by atoms with van der Waals surface area (Å²) >= 11 is 0. The van der Waals surface area contributed by atoms with Gasteiger partial charge in [-0.2, -0.15) is 0 Å². The van der Waals surface area contributed by atoms with Crippen molar-refractivity contribution >= 4 is 22.6 Å². The van der Waals surface area contributed by atoms with Crippen molar-refractivity contribution in [3.05, 3.63) is 59.4 Å². The molecule has 0 fully saturated rings. The Morgan fingerprint density at radius 1 is 1.14 bits per heavy atom. The molecule has 1 heterocycles. The van der Waals surface area contributed by atoms with E-state index in [2.05, 4.69) is 31.3 Å². The highest BCUT2D eigenvalue weighted by atomic mass is 16.5. The van der Waals surface area contributed by atoms with Gasteiger partial charge in [0.1, 0.15) is 17.1 Å². The number of fused-ring (bicyclic) bond motifs is 3. The van der Waals surface area contributed by atoms with Crippen LogP contribution in [0.4, 0.5) is 5.69 Å². The normalized spacial score (nSPS) is 14.5. The van der Waals surface area contributed by atoms with Gasteiger partial charge in [-0.3, -0.25) is 4.79 Å². The lowest BCUT2D eigenvalue weighted by atomic mass is 9.96. The number of anilines is 1. The van der Waals surface area contributed by atoms with Crippen LogP contribution in [0.3, 0.4) is 0 Å². The molecule has 4 nitrogen and oxygen atoms in total. The first-order valence-electron chi connectivity index (χ1n) is 10.2. The van der Waals surface area contributed by atoms with Crippen LogP contribution < -0.4 is 10.1 Å². The summed E-state index contributed by atoms with van der Waals surface area (Å²) < 4.78 is 11.7. The Hall–Kier alpha value is -2.75. The zero-order valence-electron chi connectivity index (χ0n) is 16.6. The lowest BCUT2D eigenvalue weighted by Crippen LogP contribution is -2.20. The van der Waals surface area contributed by atoms with Gasteiger partial charge in [0.25, 0.3) is 5.91 Å². The van der Waals surface area contributed by atoms with Crippen molar-refractivity contribution in [1.82, 2.24) is 0 Å². The number of furan rings is 1. The Balaban J connectivity index is 1.38. The van der Waals surface area contributed by atoms with Crippen molar-refractivity contribution in [2.45, 2.75) is 51.9 Å². The Bertz CT molecular complexity index is 971. The molecule has 28 heavy (non-hydrogen) atoms. The van der Waals surface area contributed by atoms with Gasteiger partial charge in [-0.15, -0.1) is 0 Å². The summed E-state index contributed by atoms with van der Waals surface area (Å²) in [7, 11) is 0. The second-order valence-electron chi connectivity index (χ2n) is 7.64. The molecular formula is C24H27NO3. The molecule has 1 amide bonds. The second kappa shape index (κ2) is 8.09. The molecule has 4 rings (SSSR count). The number of amides is 1. The number of hydrogen-bond donors (Lipinski definition) is 1. The van der Waals surface area contributed by atoms with Crippen molar-refractivity contribution in [3.63, 3.8) is 0 Å². The molecule has 0 spiro atoms. The van der Waals surface area contributed by atoms with Crippen LogP contribution in [0.15, 0.2) is 46.9 Å². The summed E-state index contributed by atoms with van der Waals surface area (Å²) in [5.41, 5.74) is 4.29. The molecular weight excluding hydrogens is 350 g/mol. The molecule has 0 saturated heterocycles. The maximum atomic E-state index is 12.3. The minimum Gasteiger partial charge on any atom is -0.484 e. The van der Waals surface area contributed by atoms with Crippen molar-refractivity contribution in [3.8, 4) is 5.75 Å². The lowest BCUT2D eigenvalue weighted by Gasteiger charge is -2.11. The van der Waals surface area contributed by atoms with Crippen molar-refractivity contribution in [1.29, 1.82) is 0 Å². The molecule has 1 aliphatic carbocycles. The fraction of sp³-hybridized carbons (Fsp3) is 0.375. The molecule has 1 atom stereocenters. The van der Waals surface area contributed by atoms with Gasteiger partial charge in [0.05, 0.1) is 0 Å². The lowest BCUT2D eigenvalue weighted by molar-refractivity contribution is -0.118. The number of aryl methyl sites for hydroxylation is 2. The minimum absolute atomic E-state index is 0.0152. The van der Waals surface area contributed by atoms with Crippen molar-refractivity contribution in [2.75, 3.05) is 11.9 Å². The van der Waals surface area contributed by atoms with Gasteiger partial charge >= 0.3 is 0 Å². The summed E-state index contributed by atoms with van der Waals surface area (Å²) in [6, 6.07) is 13.8. The summed E-state index contributed by atoms with van der Waals surface area (Å²) in [6.45, 7) is 4.36. The fourth-order valence-electron chi connectivity index (χ4n) is 3.81. The van der Waals surface area contributed by atoms with E-state index < -0.39 is 0 Å². The molecule has 0 saturated carbocycles. The molecule has 1 aromatic heterocycles. The predicted molar refractivity (Wildman–Crippen MR) is 112 cm³/mol. The van der Waals surface area contributed by atoms with E-state index >= 15 is 0 Å². The maximum Gasteiger partial charge on any atom is 0.262 e.